The van der Waals surface area contributed by atoms with Gasteiger partial charge in [-0.15, -0.1) is 0 Å². The van der Waals surface area contributed by atoms with Gasteiger partial charge >= 0.3 is 0 Å². The lowest BCUT2D eigenvalue weighted by atomic mass is 9.34. The summed E-state index contributed by atoms with van der Waals surface area (Å²) in [6.07, 6.45) is 0. The highest BCUT2D eigenvalue weighted by Crippen LogP contribution is 2.53. The van der Waals surface area contributed by atoms with Crippen molar-refractivity contribution in [2.45, 2.75) is 0 Å². The standard InChI is InChI=1S/C56H29BN2/c1-2-10-30(11-3-1)33-28-46-54-47(29-33)59-45-27-21-32-13-9-19-39-35-15-5-7-17-37(35)41-23-25-43(56(59)51(41)53(45)49(32)39)57(54)42-24-22-40-36-16-6-4-14-34(36)38-18-8-12-31-20-26-44-52(48(31)38)50(40)55(42)58(44)46/h1-29H. The van der Waals surface area contributed by atoms with Gasteiger partial charge in [-0.25, -0.2) is 0 Å². The molecule has 2 nitrogen and oxygen atoms in total. The number of benzene rings is 10. The van der Waals surface area contributed by atoms with Crippen LogP contribution in [0.25, 0.3) is 132 Å². The Morgan fingerprint density at radius 1 is 0.305 bits per heavy atom. The largest absolute Gasteiger partial charge is 0.310 e. The molecule has 0 atom stereocenters. The highest BCUT2D eigenvalue weighted by Gasteiger charge is 2.43. The molecule has 10 aromatic carbocycles. The molecule has 4 heterocycles. The van der Waals surface area contributed by atoms with E-state index in [1.54, 1.807) is 0 Å². The van der Waals surface area contributed by atoms with Crippen LogP contribution in [0, 0.1) is 0 Å². The van der Waals surface area contributed by atoms with Gasteiger partial charge in [-0.05, 0) is 118 Å². The maximum absolute atomic E-state index is 2.66. The number of nitrogens with zero attached hydrogens (tertiary/aromatic N) is 2. The lowest BCUT2D eigenvalue weighted by Gasteiger charge is -2.34. The Hall–Kier alpha value is -7.62. The molecular formula is C56H29BN2. The molecule has 2 aromatic heterocycles. The third kappa shape index (κ3) is 3.25. The van der Waals surface area contributed by atoms with Gasteiger partial charge in [0.05, 0.1) is 22.1 Å². The van der Waals surface area contributed by atoms with Crippen molar-refractivity contribution in [1.82, 2.24) is 9.13 Å². The Balaban J connectivity index is 1.16. The first kappa shape index (κ1) is 29.6. The molecule has 4 aliphatic rings. The maximum atomic E-state index is 2.66. The van der Waals surface area contributed by atoms with Crippen molar-refractivity contribution in [1.29, 1.82) is 0 Å². The average molecular weight is 741 g/mol. The van der Waals surface area contributed by atoms with Crippen LogP contribution in [-0.4, -0.2) is 15.8 Å². The summed E-state index contributed by atoms with van der Waals surface area (Å²) in [6, 6.07) is 67.3. The number of hydrogen-bond acceptors (Lipinski definition) is 0. The fourth-order valence-electron chi connectivity index (χ4n) is 12.4. The fraction of sp³-hybridized carbons (Fsp3) is 0. The Morgan fingerprint density at radius 2 is 0.746 bits per heavy atom. The highest BCUT2D eigenvalue weighted by molar-refractivity contribution is 7.00. The molecule has 3 heteroatoms. The van der Waals surface area contributed by atoms with Gasteiger partial charge < -0.3 is 9.13 Å². The molecule has 0 fully saturated rings. The second-order valence-corrected chi connectivity index (χ2v) is 17.1. The van der Waals surface area contributed by atoms with Crippen LogP contribution < -0.4 is 16.4 Å². The van der Waals surface area contributed by atoms with E-state index in [0.29, 0.717) is 0 Å². The van der Waals surface area contributed by atoms with E-state index in [4.69, 9.17) is 0 Å². The van der Waals surface area contributed by atoms with Crippen molar-refractivity contribution in [2.75, 3.05) is 0 Å². The van der Waals surface area contributed by atoms with Crippen molar-refractivity contribution in [3.63, 3.8) is 0 Å². The molecule has 0 unspecified atom stereocenters. The lowest BCUT2D eigenvalue weighted by Crippen LogP contribution is -2.59. The monoisotopic (exact) mass is 740 g/mol. The van der Waals surface area contributed by atoms with E-state index >= 15 is 0 Å². The van der Waals surface area contributed by atoms with Crippen LogP contribution in [0.4, 0.5) is 0 Å². The number of rotatable bonds is 1. The normalized spacial score (nSPS) is 13.4. The minimum Gasteiger partial charge on any atom is -0.310 e. The average Bonchev–Trinajstić information content (AvgIpc) is 3.76. The topological polar surface area (TPSA) is 9.86 Å². The Labute approximate surface area is 338 Å². The summed E-state index contributed by atoms with van der Waals surface area (Å²) in [5, 5.41) is 10.8. The predicted octanol–water partition coefficient (Wildman–Crippen LogP) is 12.3. The third-order valence-corrected chi connectivity index (χ3v) is 14.5. The fourth-order valence-corrected chi connectivity index (χ4v) is 12.4. The third-order valence-electron chi connectivity index (χ3n) is 14.5. The smallest absolute Gasteiger partial charge is 0.252 e. The van der Waals surface area contributed by atoms with Crippen LogP contribution in [0.1, 0.15) is 0 Å². The second kappa shape index (κ2) is 9.90. The molecular weight excluding hydrogens is 711 g/mol. The summed E-state index contributed by atoms with van der Waals surface area (Å²) >= 11 is 0. The molecule has 0 radical (unpaired) electrons. The minimum atomic E-state index is 0.0509. The Bertz CT molecular complexity index is 3770. The van der Waals surface area contributed by atoms with E-state index in [-0.39, 0.29) is 6.71 Å². The molecule has 2 aliphatic carbocycles. The van der Waals surface area contributed by atoms with E-state index in [1.165, 1.54) is 149 Å². The first-order valence-corrected chi connectivity index (χ1v) is 20.8. The van der Waals surface area contributed by atoms with Crippen LogP contribution in [0.3, 0.4) is 0 Å². The molecule has 16 rings (SSSR count). The quantitative estimate of drug-likeness (QED) is 0.148. The molecule has 0 N–H and O–H groups in total. The van der Waals surface area contributed by atoms with Crippen molar-refractivity contribution in [2.24, 2.45) is 0 Å². The maximum Gasteiger partial charge on any atom is 0.252 e. The Kier molecular flexibility index (Phi) is 4.97. The van der Waals surface area contributed by atoms with Crippen LogP contribution in [0.2, 0.25) is 0 Å². The number of fused-ring (bicyclic) bond motifs is 12. The van der Waals surface area contributed by atoms with Crippen molar-refractivity contribution in [3.8, 4) is 67.0 Å². The van der Waals surface area contributed by atoms with E-state index in [0.717, 1.165) is 0 Å². The molecule has 0 saturated carbocycles. The summed E-state index contributed by atoms with van der Waals surface area (Å²) in [5.74, 6) is 0. The Morgan fingerprint density at radius 3 is 1.24 bits per heavy atom. The van der Waals surface area contributed by atoms with Crippen molar-refractivity contribution in [3.05, 3.63) is 176 Å². The molecule has 0 saturated heterocycles. The SMILES string of the molecule is c1ccc(-c2cc3c4c(c2)-n2c5ccc6cccc7c6c5c5c(ccc(c52)B4c2ccc4c5c6c8c(cccc8ccc6n-3c25)-c2ccccc2-4)-c2ccccc2-7)cc1. The van der Waals surface area contributed by atoms with Gasteiger partial charge in [0.15, 0.2) is 0 Å². The highest BCUT2D eigenvalue weighted by atomic mass is 15.0. The zero-order valence-electron chi connectivity index (χ0n) is 31.7. The summed E-state index contributed by atoms with van der Waals surface area (Å²) in [7, 11) is 0. The van der Waals surface area contributed by atoms with E-state index in [2.05, 4.69) is 185 Å². The zero-order chi connectivity index (χ0) is 37.8. The molecule has 0 bridgehead atoms. The van der Waals surface area contributed by atoms with Gasteiger partial charge in [-0.2, -0.15) is 0 Å². The number of aromatic nitrogens is 2. The van der Waals surface area contributed by atoms with Crippen LogP contribution >= 0.6 is 0 Å². The first-order chi connectivity index (χ1) is 29.3. The second-order valence-electron chi connectivity index (χ2n) is 17.1. The molecule has 59 heavy (non-hydrogen) atoms. The van der Waals surface area contributed by atoms with Crippen LogP contribution in [0.15, 0.2) is 176 Å². The van der Waals surface area contributed by atoms with Gasteiger partial charge in [0.25, 0.3) is 6.71 Å². The summed E-state index contributed by atoms with van der Waals surface area (Å²) in [5.41, 5.74) is 24.9. The first-order valence-electron chi connectivity index (χ1n) is 20.8. The van der Waals surface area contributed by atoms with Gasteiger partial charge in [0.2, 0.25) is 0 Å². The van der Waals surface area contributed by atoms with E-state index in [1.807, 2.05) is 0 Å². The van der Waals surface area contributed by atoms with E-state index in [9.17, 15) is 0 Å². The molecule has 12 aromatic rings. The minimum absolute atomic E-state index is 0.0509. The van der Waals surface area contributed by atoms with E-state index < -0.39 is 0 Å². The predicted molar refractivity (Wildman–Crippen MR) is 249 cm³/mol. The van der Waals surface area contributed by atoms with Gasteiger partial charge in [-0.1, -0.05) is 152 Å². The molecule has 0 spiro atoms. The number of hydrogen-bond donors (Lipinski definition) is 0. The summed E-state index contributed by atoms with van der Waals surface area (Å²) < 4.78 is 5.31. The summed E-state index contributed by atoms with van der Waals surface area (Å²) in [6.45, 7) is 0.0509. The lowest BCUT2D eigenvalue weighted by molar-refractivity contribution is 1.14. The molecule has 2 aliphatic heterocycles. The van der Waals surface area contributed by atoms with Crippen molar-refractivity contribution < 1.29 is 0 Å². The van der Waals surface area contributed by atoms with Gasteiger partial charge in [0, 0.05) is 32.9 Å². The van der Waals surface area contributed by atoms with Crippen LogP contribution in [0.5, 0.6) is 0 Å². The van der Waals surface area contributed by atoms with Crippen molar-refractivity contribution >= 4 is 88.3 Å². The molecule has 0 amide bonds. The van der Waals surface area contributed by atoms with Gasteiger partial charge in [0.1, 0.15) is 0 Å². The van der Waals surface area contributed by atoms with Crippen LogP contribution in [-0.2, 0) is 0 Å². The zero-order valence-corrected chi connectivity index (χ0v) is 31.7. The summed E-state index contributed by atoms with van der Waals surface area (Å²) in [4.78, 5) is 0. The molecule has 266 valence electrons. The van der Waals surface area contributed by atoms with Gasteiger partial charge in [-0.3, -0.25) is 0 Å².